The summed E-state index contributed by atoms with van der Waals surface area (Å²) in [6, 6.07) is 44.0. The van der Waals surface area contributed by atoms with Gasteiger partial charge in [-0.3, -0.25) is 14.4 Å². The molecule has 12 rings (SSSR count). The Labute approximate surface area is 460 Å². The molecule has 9 atom stereocenters. The molecular formula is C65H62N6O8. The highest BCUT2D eigenvalue weighted by atomic mass is 16.5. The summed E-state index contributed by atoms with van der Waals surface area (Å²) in [7, 11) is 3.21. The highest BCUT2D eigenvalue weighted by molar-refractivity contribution is 6.10. The molecule has 3 aliphatic heterocycles. The van der Waals surface area contributed by atoms with Crippen LogP contribution in [-0.2, 0) is 46.6 Å². The van der Waals surface area contributed by atoms with Gasteiger partial charge < -0.3 is 38.7 Å². The average molecular weight is 1060 g/mol. The Morgan fingerprint density at radius 3 is 1.42 bits per heavy atom. The van der Waals surface area contributed by atoms with E-state index in [4.69, 9.17) is 27.1 Å². The second-order valence-corrected chi connectivity index (χ2v) is 21.3. The molecule has 0 unspecified atom stereocenters. The smallest absolute Gasteiger partial charge is 0.240 e. The number of carbonyl (C=O) groups is 5. The second-order valence-electron chi connectivity index (χ2n) is 21.3. The fourth-order valence-corrected chi connectivity index (χ4v) is 13.7. The van der Waals surface area contributed by atoms with E-state index < -0.39 is 16.2 Å². The number of Topliss-reactive ketones (excluding diaryl/α,β-unsaturated/α-hetero) is 2. The SMILES string of the molecule is C[C@@H]1c2oncc2C[C@]2(c3ccccc3)C(=O)NCC[C@@H]12.[C-]#[N+]C1=C[C@@]2(c3ccccc3)C(=O)N(c3ccc(OC)cc3)CC[C@@H]2[C@@H](C)C1=O.[C-]#[N+]C1=C[C@]2(c3ccccc3)C(=O)N(c3ccc(OC)cc3)CC[C@H]2[C@H](C)C1=O. The number of hydrogen-bond donors (Lipinski definition) is 1. The Bertz CT molecular complexity index is 3270. The number of aromatic nitrogens is 1. The van der Waals surface area contributed by atoms with Gasteiger partial charge in [0, 0.05) is 54.3 Å². The molecule has 1 aromatic heterocycles. The van der Waals surface area contributed by atoms with E-state index in [1.165, 1.54) is 0 Å². The number of allylic oxidation sites excluding steroid dienone is 2. The minimum atomic E-state index is -1.02. The Morgan fingerprint density at radius 2 is 1.00 bits per heavy atom. The highest BCUT2D eigenvalue weighted by Gasteiger charge is 2.59. The number of nitrogens with one attached hydrogen (secondary N) is 1. The Balaban J connectivity index is 0.000000136. The van der Waals surface area contributed by atoms with Gasteiger partial charge in [-0.15, -0.1) is 0 Å². The van der Waals surface area contributed by atoms with Gasteiger partial charge in [-0.2, -0.15) is 0 Å². The van der Waals surface area contributed by atoms with Crippen molar-refractivity contribution in [2.24, 2.45) is 29.6 Å². The summed E-state index contributed by atoms with van der Waals surface area (Å²) in [5.41, 5.74) is 2.98. The fourth-order valence-electron chi connectivity index (χ4n) is 13.7. The number of piperidine rings is 3. The Kier molecular flexibility index (Phi) is 14.8. The zero-order valence-corrected chi connectivity index (χ0v) is 44.9. The molecule has 0 saturated carbocycles. The van der Waals surface area contributed by atoms with Gasteiger partial charge >= 0.3 is 0 Å². The van der Waals surface area contributed by atoms with Crippen molar-refractivity contribution in [1.29, 1.82) is 0 Å². The number of hydrogen-bond acceptors (Lipinski definition) is 9. The maximum Gasteiger partial charge on any atom is 0.240 e. The number of ketones is 2. The van der Waals surface area contributed by atoms with Crippen LogP contribution >= 0.6 is 0 Å². The van der Waals surface area contributed by atoms with Gasteiger partial charge in [0.15, 0.2) is 11.6 Å². The molecule has 1 N–H and O–H groups in total. The van der Waals surface area contributed by atoms with Crippen molar-refractivity contribution in [3.8, 4) is 11.5 Å². The molecule has 0 radical (unpaired) electrons. The molecule has 3 fully saturated rings. The fraction of sp³-hybridized carbons (Fsp3) is 0.323. The van der Waals surface area contributed by atoms with Crippen molar-refractivity contribution in [3.63, 3.8) is 0 Å². The summed E-state index contributed by atoms with van der Waals surface area (Å²) < 4.78 is 15.9. The van der Waals surface area contributed by atoms with Crippen molar-refractivity contribution in [1.82, 2.24) is 10.5 Å². The molecular weight excluding hydrogens is 993 g/mol. The summed E-state index contributed by atoms with van der Waals surface area (Å²) in [4.78, 5) is 76.7. The lowest BCUT2D eigenvalue weighted by molar-refractivity contribution is -0.133. The predicted molar refractivity (Wildman–Crippen MR) is 299 cm³/mol. The van der Waals surface area contributed by atoms with E-state index in [9.17, 15) is 24.0 Å². The Morgan fingerprint density at radius 1 is 0.570 bits per heavy atom. The monoisotopic (exact) mass is 1050 g/mol. The lowest BCUT2D eigenvalue weighted by atomic mass is 9.56. The number of nitrogens with zero attached hydrogens (tertiary/aromatic N) is 5. The van der Waals surface area contributed by atoms with Gasteiger partial charge in [0.25, 0.3) is 0 Å². The number of fused-ring (bicyclic) bond motifs is 4. The third kappa shape index (κ3) is 8.99. The molecule has 0 spiro atoms. The zero-order chi connectivity index (χ0) is 55.6. The van der Waals surface area contributed by atoms with Crippen LogP contribution in [0.25, 0.3) is 9.69 Å². The number of methoxy groups -OCH3 is 2. The number of carbonyl (C=O) groups excluding carboxylic acids is 5. The molecule has 6 aromatic rings. The van der Waals surface area contributed by atoms with Gasteiger partial charge in [0.1, 0.15) is 17.3 Å². The van der Waals surface area contributed by atoms with Gasteiger partial charge in [-0.25, -0.2) is 9.69 Å². The van der Waals surface area contributed by atoms with Crippen molar-refractivity contribution in [2.45, 2.75) is 68.6 Å². The topological polar surface area (TPSA) is 157 Å². The van der Waals surface area contributed by atoms with Gasteiger partial charge in [0.2, 0.25) is 29.1 Å². The number of ether oxygens (including phenoxy) is 2. The first-order valence-electron chi connectivity index (χ1n) is 26.9. The molecule has 400 valence electrons. The van der Waals surface area contributed by atoms with E-state index in [2.05, 4.69) is 39.2 Å². The van der Waals surface area contributed by atoms with Crippen LogP contribution in [-0.4, -0.2) is 68.3 Å². The van der Waals surface area contributed by atoms with Crippen molar-refractivity contribution >= 4 is 40.7 Å². The normalized spacial score (nSPS) is 27.7. The van der Waals surface area contributed by atoms with E-state index in [-0.39, 0.29) is 76.2 Å². The minimum absolute atomic E-state index is 0.0579. The van der Waals surface area contributed by atoms with Crippen LogP contribution in [0.1, 0.15) is 74.0 Å². The molecule has 14 heteroatoms. The largest absolute Gasteiger partial charge is 0.497 e. The molecule has 14 nitrogen and oxygen atoms in total. The number of rotatable bonds is 7. The van der Waals surface area contributed by atoms with Crippen LogP contribution in [0.15, 0.2) is 174 Å². The third-order valence-electron chi connectivity index (χ3n) is 17.7. The van der Waals surface area contributed by atoms with Gasteiger partial charge in [0.05, 0.1) is 49.8 Å². The quantitative estimate of drug-likeness (QED) is 0.154. The molecule has 79 heavy (non-hydrogen) atoms. The van der Waals surface area contributed by atoms with Crippen molar-refractivity contribution in [2.75, 3.05) is 43.7 Å². The maximum atomic E-state index is 14.0. The van der Waals surface area contributed by atoms with Crippen molar-refractivity contribution in [3.05, 3.63) is 220 Å². The molecule has 3 aliphatic carbocycles. The van der Waals surface area contributed by atoms with E-state index in [1.54, 1.807) is 42.4 Å². The predicted octanol–water partition coefficient (Wildman–Crippen LogP) is 10.4. The van der Waals surface area contributed by atoms with E-state index >= 15 is 0 Å². The van der Waals surface area contributed by atoms with Gasteiger partial charge in [-0.1, -0.05) is 129 Å². The molecule has 3 amide bonds. The van der Waals surface area contributed by atoms with Crippen LogP contribution in [0, 0.1) is 42.7 Å². The minimum Gasteiger partial charge on any atom is -0.497 e. The summed E-state index contributed by atoms with van der Waals surface area (Å²) in [6.07, 6.45) is 8.04. The first-order valence-corrected chi connectivity index (χ1v) is 26.9. The van der Waals surface area contributed by atoms with E-state index in [1.807, 2.05) is 141 Å². The van der Waals surface area contributed by atoms with Crippen LogP contribution < -0.4 is 24.6 Å². The molecule has 6 aliphatic rings. The van der Waals surface area contributed by atoms with E-state index in [0.29, 0.717) is 32.4 Å². The molecule has 4 heterocycles. The van der Waals surface area contributed by atoms with E-state index in [0.717, 1.165) is 63.9 Å². The summed E-state index contributed by atoms with van der Waals surface area (Å²) in [6.45, 7) is 22.6. The van der Waals surface area contributed by atoms with Crippen LogP contribution in [0.3, 0.4) is 0 Å². The number of anilines is 2. The van der Waals surface area contributed by atoms with Crippen LogP contribution in [0.2, 0.25) is 0 Å². The zero-order valence-electron chi connectivity index (χ0n) is 44.9. The number of amides is 3. The summed E-state index contributed by atoms with van der Waals surface area (Å²) >= 11 is 0. The van der Waals surface area contributed by atoms with Crippen molar-refractivity contribution < 1.29 is 38.0 Å². The number of benzene rings is 5. The Hall–Kier alpha value is -8.88. The van der Waals surface area contributed by atoms with Crippen LogP contribution in [0.4, 0.5) is 11.4 Å². The first-order chi connectivity index (χ1) is 38.3. The average Bonchev–Trinajstić information content (AvgIpc) is 4.16. The lowest BCUT2D eigenvalue weighted by Crippen LogP contribution is -2.59. The first kappa shape index (κ1) is 53.5. The summed E-state index contributed by atoms with van der Waals surface area (Å²) in [5.74, 6) is 1.39. The van der Waals surface area contributed by atoms with Crippen LogP contribution in [0.5, 0.6) is 11.5 Å². The highest BCUT2D eigenvalue weighted by Crippen LogP contribution is 2.54. The molecule has 0 bridgehead atoms. The van der Waals surface area contributed by atoms with Gasteiger partial charge in [-0.05, 0) is 109 Å². The summed E-state index contributed by atoms with van der Waals surface area (Å²) in [5, 5.41) is 7.03. The lowest BCUT2D eigenvalue weighted by Gasteiger charge is -2.50. The second kappa shape index (κ2) is 21.9. The third-order valence-corrected chi connectivity index (χ3v) is 17.7. The standard InChI is InChI=1S/2C24H22N2O3.C17H18N2O2/c2*1-16-20-13-14-26(18-9-11-19(29-3)12-10-18)23(28)24(20,15-21(25-2)22(16)27)17-7-5-4-6-8-17;1-11-14-7-8-18-16(20)17(14,13-5-3-2-4-6-13)9-12-10-19-21-15(11)12/h2*4-12,15-16,20H,13-14H2,1,3H3;2-6,10-11,14H,7-9H2,1H3,(H,18,20)/t2*16-,20-,24+;11-,14-,17+/m100/s1. The molecule has 3 saturated heterocycles. The molecule has 5 aromatic carbocycles. The maximum absolute atomic E-state index is 14.0.